The Bertz CT molecular complexity index is 855. The maximum Gasteiger partial charge on any atom is 0.257 e. The van der Waals surface area contributed by atoms with E-state index in [9.17, 15) is 0 Å². The quantitative estimate of drug-likeness (QED) is 0.529. The summed E-state index contributed by atoms with van der Waals surface area (Å²) >= 11 is 6.21. The van der Waals surface area contributed by atoms with Gasteiger partial charge in [0.1, 0.15) is 17.5 Å². The fourth-order valence-corrected chi connectivity index (χ4v) is 3.47. The van der Waals surface area contributed by atoms with E-state index in [1.54, 1.807) is 0 Å². The van der Waals surface area contributed by atoms with Gasteiger partial charge in [-0.25, -0.2) is 9.97 Å². The highest BCUT2D eigenvalue weighted by Gasteiger charge is 2.12. The van der Waals surface area contributed by atoms with Crippen LogP contribution in [0.2, 0.25) is 0 Å². The van der Waals surface area contributed by atoms with Crippen molar-refractivity contribution in [3.63, 3.8) is 0 Å². The van der Waals surface area contributed by atoms with Gasteiger partial charge in [-0.1, -0.05) is 11.8 Å². The first-order valence-electron chi connectivity index (χ1n) is 5.89. The fourth-order valence-electron chi connectivity index (χ4n) is 1.50. The summed E-state index contributed by atoms with van der Waals surface area (Å²) in [7, 11) is 0. The van der Waals surface area contributed by atoms with Crippen molar-refractivity contribution >= 4 is 44.8 Å². The van der Waals surface area contributed by atoms with Crippen LogP contribution in [0.5, 0.6) is 0 Å². The zero-order chi connectivity index (χ0) is 15.5. The Kier molecular flexibility index (Phi) is 4.37. The van der Waals surface area contributed by atoms with Crippen LogP contribution >= 0.6 is 39.0 Å². The Hall–Kier alpha value is -1.96. The van der Waals surface area contributed by atoms with Gasteiger partial charge >= 0.3 is 0 Å². The standard InChI is InChI=1S/C12H7BrN6OS2/c13-8-2-1-7(22-8)11-19-18-9(20-11)5-21-12-16-4-6(3-14)10(15)17-12/h1-2,4H,5H2,(H2,15,16,17). The molecule has 10 heteroatoms. The predicted octanol–water partition coefficient (Wildman–Crippen LogP) is 3.10. The first kappa shape index (κ1) is 15.0. The van der Waals surface area contributed by atoms with Gasteiger partial charge < -0.3 is 10.2 Å². The maximum absolute atomic E-state index is 8.78. The number of rotatable bonds is 4. The molecule has 2 N–H and O–H groups in total. The molecule has 0 saturated heterocycles. The van der Waals surface area contributed by atoms with Gasteiger partial charge in [0, 0.05) is 0 Å². The zero-order valence-electron chi connectivity index (χ0n) is 10.9. The average Bonchev–Trinajstić information content (AvgIpc) is 3.14. The third-order valence-corrected chi connectivity index (χ3v) is 4.95. The molecule has 0 aliphatic rings. The second-order valence-electron chi connectivity index (χ2n) is 3.96. The number of thiophene rings is 1. The minimum atomic E-state index is 0.162. The second kappa shape index (κ2) is 6.43. The van der Waals surface area contributed by atoms with Crippen molar-refractivity contribution < 1.29 is 4.42 Å². The van der Waals surface area contributed by atoms with Crippen molar-refractivity contribution in [2.75, 3.05) is 5.73 Å². The highest BCUT2D eigenvalue weighted by molar-refractivity contribution is 9.11. The Morgan fingerprint density at radius 3 is 2.95 bits per heavy atom. The van der Waals surface area contributed by atoms with Crippen molar-refractivity contribution in [2.24, 2.45) is 0 Å². The van der Waals surface area contributed by atoms with E-state index >= 15 is 0 Å². The number of thioether (sulfide) groups is 1. The summed E-state index contributed by atoms with van der Waals surface area (Å²) < 4.78 is 6.59. The van der Waals surface area contributed by atoms with E-state index in [0.29, 0.717) is 22.7 Å². The second-order valence-corrected chi connectivity index (χ2v) is 7.36. The minimum absolute atomic E-state index is 0.162. The number of hydrogen-bond donors (Lipinski definition) is 1. The largest absolute Gasteiger partial charge is 0.419 e. The van der Waals surface area contributed by atoms with Crippen molar-refractivity contribution in [2.45, 2.75) is 10.9 Å². The lowest BCUT2D eigenvalue weighted by atomic mass is 10.3. The molecule has 0 amide bonds. The number of anilines is 1. The molecule has 0 aromatic carbocycles. The van der Waals surface area contributed by atoms with Gasteiger partial charge in [0.15, 0.2) is 5.16 Å². The van der Waals surface area contributed by atoms with Crippen LogP contribution in [0.1, 0.15) is 11.5 Å². The normalized spacial score (nSPS) is 10.5. The molecule has 3 heterocycles. The van der Waals surface area contributed by atoms with E-state index in [-0.39, 0.29) is 11.4 Å². The van der Waals surface area contributed by atoms with Crippen molar-refractivity contribution in [1.82, 2.24) is 20.2 Å². The van der Waals surface area contributed by atoms with E-state index in [1.165, 1.54) is 29.3 Å². The van der Waals surface area contributed by atoms with Gasteiger partial charge in [0.2, 0.25) is 5.89 Å². The number of nitriles is 1. The molecule has 3 rings (SSSR count). The van der Waals surface area contributed by atoms with Crippen LogP contribution in [0, 0.1) is 11.3 Å². The number of aromatic nitrogens is 4. The number of halogens is 1. The smallest absolute Gasteiger partial charge is 0.257 e. The lowest BCUT2D eigenvalue weighted by molar-refractivity contribution is 0.529. The molecule has 0 atom stereocenters. The highest BCUT2D eigenvalue weighted by atomic mass is 79.9. The average molecular weight is 395 g/mol. The summed E-state index contributed by atoms with van der Waals surface area (Å²) in [6.45, 7) is 0. The molecule has 0 saturated carbocycles. The maximum atomic E-state index is 8.78. The molecule has 0 bridgehead atoms. The molecule has 3 aromatic heterocycles. The van der Waals surface area contributed by atoms with Crippen molar-refractivity contribution in [3.8, 4) is 16.8 Å². The van der Waals surface area contributed by atoms with E-state index in [4.69, 9.17) is 15.4 Å². The van der Waals surface area contributed by atoms with Crippen LogP contribution in [0.4, 0.5) is 5.82 Å². The Labute approximate surface area is 141 Å². The van der Waals surface area contributed by atoms with Gasteiger partial charge in [-0.15, -0.1) is 21.5 Å². The summed E-state index contributed by atoms with van der Waals surface area (Å²) in [4.78, 5) is 8.99. The third-order valence-electron chi connectivity index (χ3n) is 2.49. The number of nitrogen functional groups attached to an aromatic ring is 1. The summed E-state index contributed by atoms with van der Waals surface area (Å²) in [6, 6.07) is 5.75. The first-order valence-corrected chi connectivity index (χ1v) is 8.48. The van der Waals surface area contributed by atoms with Crippen LogP contribution in [0.25, 0.3) is 10.8 Å². The number of nitrogens with zero attached hydrogens (tertiary/aromatic N) is 5. The van der Waals surface area contributed by atoms with Gasteiger partial charge in [0.05, 0.1) is 20.6 Å². The summed E-state index contributed by atoms with van der Waals surface area (Å²) in [5.74, 6) is 1.53. The van der Waals surface area contributed by atoms with Crippen molar-refractivity contribution in [1.29, 1.82) is 5.26 Å². The molecule has 0 aliphatic carbocycles. The van der Waals surface area contributed by atoms with Crippen LogP contribution in [-0.2, 0) is 5.75 Å². The molecule has 3 aromatic rings. The summed E-state index contributed by atoms with van der Waals surface area (Å²) in [5, 5.41) is 17.2. The highest BCUT2D eigenvalue weighted by Crippen LogP contribution is 2.31. The molecule has 0 spiro atoms. The monoisotopic (exact) mass is 394 g/mol. The first-order chi connectivity index (χ1) is 10.7. The molecule has 110 valence electrons. The van der Waals surface area contributed by atoms with Crippen LogP contribution in [0.15, 0.2) is 31.7 Å². The van der Waals surface area contributed by atoms with Gasteiger partial charge in [-0.3, -0.25) is 0 Å². The molecular formula is C12H7BrN6OS2. The zero-order valence-corrected chi connectivity index (χ0v) is 14.1. The lowest BCUT2D eigenvalue weighted by Gasteiger charge is -1.99. The number of hydrogen-bond acceptors (Lipinski definition) is 9. The van der Waals surface area contributed by atoms with Crippen LogP contribution in [-0.4, -0.2) is 20.2 Å². The molecule has 0 unspecified atom stereocenters. The molecular weight excluding hydrogens is 388 g/mol. The van der Waals surface area contributed by atoms with Gasteiger partial charge in [-0.05, 0) is 28.1 Å². The summed E-state index contributed by atoms with van der Waals surface area (Å²) in [5.41, 5.74) is 5.90. The van der Waals surface area contributed by atoms with E-state index in [2.05, 4.69) is 36.1 Å². The van der Waals surface area contributed by atoms with E-state index in [1.807, 2.05) is 18.2 Å². The predicted molar refractivity (Wildman–Crippen MR) is 86.0 cm³/mol. The van der Waals surface area contributed by atoms with Crippen molar-refractivity contribution in [3.05, 3.63) is 33.6 Å². The lowest BCUT2D eigenvalue weighted by Crippen LogP contribution is -1.98. The third kappa shape index (κ3) is 3.27. The van der Waals surface area contributed by atoms with Crippen LogP contribution in [0.3, 0.4) is 0 Å². The number of nitrogens with two attached hydrogens (primary N) is 1. The van der Waals surface area contributed by atoms with Crippen LogP contribution < -0.4 is 5.73 Å². The topological polar surface area (TPSA) is 115 Å². The van der Waals surface area contributed by atoms with Gasteiger partial charge in [0.25, 0.3) is 5.89 Å². The Morgan fingerprint density at radius 1 is 1.41 bits per heavy atom. The Morgan fingerprint density at radius 2 is 2.27 bits per heavy atom. The molecule has 0 fully saturated rings. The van der Waals surface area contributed by atoms with Gasteiger partial charge in [-0.2, -0.15) is 5.26 Å². The minimum Gasteiger partial charge on any atom is -0.419 e. The van der Waals surface area contributed by atoms with E-state index < -0.39 is 0 Å². The van der Waals surface area contributed by atoms with E-state index in [0.717, 1.165) is 8.66 Å². The Balaban J connectivity index is 1.68. The molecule has 0 radical (unpaired) electrons. The molecule has 0 aliphatic heterocycles. The SMILES string of the molecule is N#Cc1cnc(SCc2nnc(-c3ccc(Br)s3)o2)nc1N. The molecule has 22 heavy (non-hydrogen) atoms. The summed E-state index contributed by atoms with van der Waals surface area (Å²) in [6.07, 6.45) is 1.40. The molecule has 7 nitrogen and oxygen atoms in total. The fraction of sp³-hybridized carbons (Fsp3) is 0.0833.